The number of carbonyl (C=O) groups excluding carboxylic acids is 1. The third-order valence-electron chi connectivity index (χ3n) is 6.13. The van der Waals surface area contributed by atoms with Crippen molar-refractivity contribution < 1.29 is 4.79 Å². The van der Waals surface area contributed by atoms with Crippen molar-refractivity contribution in [3.8, 4) is 0 Å². The number of ketones is 1. The summed E-state index contributed by atoms with van der Waals surface area (Å²) in [7, 11) is 0. The Morgan fingerprint density at radius 2 is 1.31 bits per heavy atom. The largest absolute Gasteiger partial charge is 0.369 e. The van der Waals surface area contributed by atoms with Gasteiger partial charge in [0.05, 0.1) is 0 Å². The summed E-state index contributed by atoms with van der Waals surface area (Å²) in [6.07, 6.45) is 11.1. The Labute approximate surface area is 283 Å². The molecule has 0 atom stereocenters. The van der Waals surface area contributed by atoms with Crippen LogP contribution in [-0.2, 0) is 0 Å². The summed E-state index contributed by atoms with van der Waals surface area (Å²) in [5.41, 5.74) is 8.14. The lowest BCUT2D eigenvalue weighted by atomic mass is 10.00. The predicted octanol–water partition coefficient (Wildman–Crippen LogP) is 13.9. The number of hydrogen-bond donors (Lipinski definition) is 0. The maximum Gasteiger partial charge on any atom is 0.159 e. The normalized spacial score (nSPS) is 13.1. The second-order valence-electron chi connectivity index (χ2n) is 12.6. The lowest BCUT2D eigenvalue weighted by molar-refractivity contribution is 0.101. The molecule has 2 aliphatic carbocycles. The molecule has 0 spiro atoms. The molecule has 0 amide bonds. The lowest BCUT2D eigenvalue weighted by Crippen LogP contribution is -2.32. The fraction of sp³-hybridized carbons (Fsp3) is 0.667. The van der Waals surface area contributed by atoms with E-state index in [4.69, 9.17) is 0 Å². The molecule has 0 heterocycles. The number of aliphatic imine (C=N–C) groups is 1. The summed E-state index contributed by atoms with van der Waals surface area (Å²) in [5.74, 6) is 1.74. The topological polar surface area (TPSA) is 32.7 Å². The molecule has 2 aliphatic rings. The van der Waals surface area contributed by atoms with Gasteiger partial charge in [-0.2, -0.15) is 0 Å². The van der Waals surface area contributed by atoms with Gasteiger partial charge in [0.1, 0.15) is 0 Å². The van der Waals surface area contributed by atoms with Gasteiger partial charge in [-0.05, 0) is 116 Å². The van der Waals surface area contributed by atoms with Crippen molar-refractivity contribution in [3.63, 3.8) is 0 Å². The molecular weight excluding hydrogens is 548 g/mol. The molecule has 0 N–H and O–H groups in total. The summed E-state index contributed by atoms with van der Waals surface area (Å²) >= 11 is 0. The predicted molar refractivity (Wildman–Crippen MR) is 209 cm³/mol. The van der Waals surface area contributed by atoms with Crippen LogP contribution < -0.4 is 0 Å². The van der Waals surface area contributed by atoms with Crippen molar-refractivity contribution in [3.05, 3.63) is 71.1 Å². The number of aryl methyl sites for hydroxylation is 1. The molecule has 0 radical (unpaired) electrons. The van der Waals surface area contributed by atoms with Gasteiger partial charge in [0.25, 0.3) is 0 Å². The number of hydrogen-bond acceptors (Lipinski definition) is 3. The zero-order valence-corrected chi connectivity index (χ0v) is 33.4. The van der Waals surface area contributed by atoms with E-state index in [0.717, 1.165) is 35.4 Å². The van der Waals surface area contributed by atoms with Gasteiger partial charge in [-0.15, -0.1) is 6.58 Å². The van der Waals surface area contributed by atoms with Crippen molar-refractivity contribution in [2.75, 3.05) is 6.54 Å². The van der Waals surface area contributed by atoms with E-state index in [2.05, 4.69) is 90.6 Å². The minimum absolute atomic E-state index is 0.168. The third-order valence-corrected chi connectivity index (χ3v) is 6.13. The Morgan fingerprint density at radius 1 is 0.889 bits per heavy atom. The zero-order chi connectivity index (χ0) is 36.1. The van der Waals surface area contributed by atoms with Crippen LogP contribution in [0.25, 0.3) is 0 Å². The molecule has 3 heteroatoms. The first-order valence-corrected chi connectivity index (χ1v) is 18.0. The van der Waals surface area contributed by atoms with Gasteiger partial charge in [-0.1, -0.05) is 106 Å². The van der Waals surface area contributed by atoms with Crippen molar-refractivity contribution >= 4 is 11.5 Å². The standard InChI is InChI=1S/C15H26N2.C12H14O.C4H10.C4H8.C3H8.2C2H6/c1-6-17(15-9-7-8-10-15)14(5)13(4)11-16-12(2)3;1-8-3-4-11(9(2)13)7-12(8)10-5-6-10;2*1-4(2)3;1-3-2;2*1-2/h11,15H,5-10H2,1-4H3;3-4,7,10H,5-6H2,1-2H3;4H,1-3H3;1H2,2-3H3;3H2,1-2H3;2*1-2H3/b13-11-;;;;;;. The average Bonchev–Trinajstić information content (AvgIpc) is 3.68. The van der Waals surface area contributed by atoms with Crippen molar-refractivity contribution in [2.24, 2.45) is 10.9 Å². The summed E-state index contributed by atoms with van der Waals surface area (Å²) in [5, 5.41) is 0. The van der Waals surface area contributed by atoms with Gasteiger partial charge in [-0.3, -0.25) is 9.79 Å². The van der Waals surface area contributed by atoms with Crippen LogP contribution in [0.3, 0.4) is 0 Å². The monoisotopic (exact) mass is 627 g/mol. The van der Waals surface area contributed by atoms with Gasteiger partial charge in [-0.25, -0.2) is 0 Å². The number of Topliss-reactive ketones (excluding diaryl/α,β-unsaturated/α-hetero) is 1. The molecule has 262 valence electrons. The Morgan fingerprint density at radius 3 is 1.64 bits per heavy atom. The van der Waals surface area contributed by atoms with Crippen LogP contribution >= 0.6 is 0 Å². The minimum Gasteiger partial charge on any atom is -0.369 e. The summed E-state index contributed by atoms with van der Waals surface area (Å²) in [6.45, 7) is 43.6. The quantitative estimate of drug-likeness (QED) is 0.130. The van der Waals surface area contributed by atoms with Crippen molar-refractivity contribution in [2.45, 2.75) is 175 Å². The Bertz CT molecular complexity index is 946. The molecule has 0 bridgehead atoms. The van der Waals surface area contributed by atoms with Crippen LogP contribution in [0.1, 0.15) is 183 Å². The molecular formula is C42H78N2O. The summed E-state index contributed by atoms with van der Waals surface area (Å²) < 4.78 is 0. The highest BCUT2D eigenvalue weighted by Crippen LogP contribution is 2.41. The van der Waals surface area contributed by atoms with Crippen LogP contribution in [0.4, 0.5) is 0 Å². The van der Waals surface area contributed by atoms with Crippen LogP contribution in [0.2, 0.25) is 0 Å². The van der Waals surface area contributed by atoms with E-state index in [1.54, 1.807) is 6.92 Å². The highest BCUT2D eigenvalue weighted by Gasteiger charge is 2.25. The highest BCUT2D eigenvalue weighted by molar-refractivity contribution is 5.94. The Balaban J connectivity index is -0.000000263. The van der Waals surface area contributed by atoms with Gasteiger partial charge >= 0.3 is 0 Å². The SMILES string of the molecule is C=C(/C(C)=C\N=C(C)C)N(CC)C1CCCC1.C=C(C)C.CC.CC.CC(=O)c1ccc(C)c(C2CC2)c1.CC(C)C.CCC. The highest BCUT2D eigenvalue weighted by atomic mass is 16.1. The molecule has 2 saturated carbocycles. The van der Waals surface area contributed by atoms with Crippen LogP contribution in [0.5, 0.6) is 0 Å². The first kappa shape index (κ1) is 49.5. The molecule has 0 unspecified atom stereocenters. The maximum absolute atomic E-state index is 11.2. The zero-order valence-electron chi connectivity index (χ0n) is 33.4. The molecule has 1 aromatic rings. The van der Waals surface area contributed by atoms with E-state index in [-0.39, 0.29) is 5.78 Å². The van der Waals surface area contributed by atoms with Crippen LogP contribution in [0, 0.1) is 12.8 Å². The molecule has 0 saturated heterocycles. The number of likely N-dealkylation sites (N-methyl/N-ethyl adjacent to an activating group) is 1. The van der Waals surface area contributed by atoms with Crippen LogP contribution in [0.15, 0.2) is 59.4 Å². The fourth-order valence-electron chi connectivity index (χ4n) is 4.11. The molecule has 1 aromatic carbocycles. The smallest absolute Gasteiger partial charge is 0.159 e. The summed E-state index contributed by atoms with van der Waals surface area (Å²) in [6, 6.07) is 6.74. The first-order valence-electron chi connectivity index (χ1n) is 18.0. The van der Waals surface area contributed by atoms with E-state index in [9.17, 15) is 4.79 Å². The minimum atomic E-state index is 0.168. The summed E-state index contributed by atoms with van der Waals surface area (Å²) in [4.78, 5) is 18.0. The van der Waals surface area contributed by atoms with Gasteiger partial charge in [0, 0.05) is 35.8 Å². The number of rotatable bonds is 7. The Kier molecular flexibility index (Phi) is 34.7. The second-order valence-corrected chi connectivity index (χ2v) is 12.6. The van der Waals surface area contributed by atoms with Crippen LogP contribution in [-0.4, -0.2) is 29.0 Å². The van der Waals surface area contributed by atoms with Gasteiger partial charge in [0.15, 0.2) is 5.78 Å². The maximum atomic E-state index is 11.2. The van der Waals surface area contributed by atoms with E-state index in [0.29, 0.717) is 6.04 Å². The molecule has 45 heavy (non-hydrogen) atoms. The number of carbonyl (C=O) groups is 1. The third kappa shape index (κ3) is 28.8. The fourth-order valence-corrected chi connectivity index (χ4v) is 4.11. The molecule has 3 rings (SSSR count). The number of benzene rings is 1. The number of allylic oxidation sites excluding steroid dienone is 2. The number of nitrogens with zero attached hydrogens (tertiary/aromatic N) is 2. The Hall–Kier alpha value is -2.42. The van der Waals surface area contributed by atoms with E-state index in [1.165, 1.54) is 67.2 Å². The van der Waals surface area contributed by atoms with Gasteiger partial charge in [0.2, 0.25) is 0 Å². The van der Waals surface area contributed by atoms with E-state index in [1.807, 2.05) is 67.7 Å². The van der Waals surface area contributed by atoms with E-state index < -0.39 is 0 Å². The van der Waals surface area contributed by atoms with Gasteiger partial charge < -0.3 is 4.90 Å². The molecule has 2 fully saturated rings. The molecule has 3 nitrogen and oxygen atoms in total. The van der Waals surface area contributed by atoms with Crippen molar-refractivity contribution in [1.82, 2.24) is 4.90 Å². The lowest BCUT2D eigenvalue weighted by Gasteiger charge is -2.32. The first-order chi connectivity index (χ1) is 21.1. The average molecular weight is 627 g/mol. The molecule has 0 aliphatic heterocycles. The second kappa shape index (κ2) is 31.6. The van der Waals surface area contributed by atoms with Crippen molar-refractivity contribution in [1.29, 1.82) is 0 Å². The molecule has 0 aromatic heterocycles. The van der Waals surface area contributed by atoms with E-state index >= 15 is 0 Å².